The summed E-state index contributed by atoms with van der Waals surface area (Å²) in [5, 5.41) is 11.8. The van der Waals surface area contributed by atoms with Crippen molar-refractivity contribution in [2.75, 3.05) is 13.1 Å². The number of amides is 2. The fourth-order valence-corrected chi connectivity index (χ4v) is 2.52. The molecule has 0 spiro atoms. The van der Waals surface area contributed by atoms with Gasteiger partial charge in [-0.15, -0.1) is 0 Å². The first kappa shape index (κ1) is 11.2. The van der Waals surface area contributed by atoms with Crippen molar-refractivity contribution in [2.45, 2.75) is 38.1 Å². The zero-order valence-corrected chi connectivity index (χ0v) is 9.32. The van der Waals surface area contributed by atoms with Gasteiger partial charge in [-0.3, -0.25) is 4.79 Å². The van der Waals surface area contributed by atoms with Crippen molar-refractivity contribution in [2.24, 2.45) is 5.92 Å². The summed E-state index contributed by atoms with van der Waals surface area (Å²) in [6.07, 6.45) is 4.21. The SMILES string of the molecule is O=C(O)C1CCC(NC(=O)N2CCCC2)C1. The Hall–Kier alpha value is -1.26. The van der Waals surface area contributed by atoms with Gasteiger partial charge in [-0.05, 0) is 32.1 Å². The van der Waals surface area contributed by atoms with Crippen LogP contribution in [0.25, 0.3) is 0 Å². The predicted octanol–water partition coefficient (Wildman–Crippen LogP) is 1.05. The van der Waals surface area contributed by atoms with E-state index in [1.165, 1.54) is 0 Å². The molecular weight excluding hydrogens is 208 g/mol. The molecule has 5 heteroatoms. The van der Waals surface area contributed by atoms with E-state index in [9.17, 15) is 9.59 Å². The lowest BCUT2D eigenvalue weighted by molar-refractivity contribution is -0.141. The lowest BCUT2D eigenvalue weighted by atomic mass is 10.1. The highest BCUT2D eigenvalue weighted by Gasteiger charge is 2.31. The number of carbonyl (C=O) groups excluding carboxylic acids is 1. The zero-order valence-electron chi connectivity index (χ0n) is 9.32. The molecule has 2 aliphatic rings. The van der Waals surface area contributed by atoms with E-state index in [1.807, 2.05) is 4.90 Å². The first-order valence-corrected chi connectivity index (χ1v) is 5.95. The van der Waals surface area contributed by atoms with Crippen LogP contribution in [-0.2, 0) is 4.79 Å². The molecular formula is C11H18N2O3. The predicted molar refractivity (Wildman–Crippen MR) is 58.1 cm³/mol. The summed E-state index contributed by atoms with van der Waals surface area (Å²) in [6.45, 7) is 1.67. The fraction of sp³-hybridized carbons (Fsp3) is 0.818. The second kappa shape index (κ2) is 4.72. The summed E-state index contributed by atoms with van der Waals surface area (Å²) in [5.41, 5.74) is 0. The van der Waals surface area contributed by atoms with Crippen LogP contribution in [0.5, 0.6) is 0 Å². The van der Waals surface area contributed by atoms with Crippen LogP contribution in [0, 0.1) is 5.92 Å². The number of carbonyl (C=O) groups is 2. The van der Waals surface area contributed by atoms with Gasteiger partial charge in [0.1, 0.15) is 0 Å². The van der Waals surface area contributed by atoms with Crippen molar-refractivity contribution < 1.29 is 14.7 Å². The summed E-state index contributed by atoms with van der Waals surface area (Å²) >= 11 is 0. The quantitative estimate of drug-likeness (QED) is 0.739. The van der Waals surface area contributed by atoms with Crippen molar-refractivity contribution in [3.05, 3.63) is 0 Å². The van der Waals surface area contributed by atoms with Crippen molar-refractivity contribution in [3.63, 3.8) is 0 Å². The third kappa shape index (κ3) is 2.46. The maximum Gasteiger partial charge on any atom is 0.317 e. The number of likely N-dealkylation sites (tertiary alicyclic amines) is 1. The Labute approximate surface area is 94.8 Å². The molecule has 1 saturated heterocycles. The largest absolute Gasteiger partial charge is 0.481 e. The number of nitrogens with zero attached hydrogens (tertiary/aromatic N) is 1. The van der Waals surface area contributed by atoms with E-state index in [1.54, 1.807) is 0 Å². The van der Waals surface area contributed by atoms with E-state index in [2.05, 4.69) is 5.32 Å². The van der Waals surface area contributed by atoms with Gasteiger partial charge in [0.2, 0.25) is 0 Å². The van der Waals surface area contributed by atoms with Crippen molar-refractivity contribution in [1.82, 2.24) is 10.2 Å². The van der Waals surface area contributed by atoms with Crippen molar-refractivity contribution in [1.29, 1.82) is 0 Å². The van der Waals surface area contributed by atoms with E-state index >= 15 is 0 Å². The van der Waals surface area contributed by atoms with Gasteiger partial charge in [-0.25, -0.2) is 4.79 Å². The number of hydrogen-bond acceptors (Lipinski definition) is 2. The molecule has 1 heterocycles. The number of carboxylic acids is 1. The van der Waals surface area contributed by atoms with Gasteiger partial charge >= 0.3 is 12.0 Å². The minimum absolute atomic E-state index is 0.0199. The maximum atomic E-state index is 11.7. The van der Waals surface area contributed by atoms with Crippen molar-refractivity contribution >= 4 is 12.0 Å². The van der Waals surface area contributed by atoms with E-state index in [0.717, 1.165) is 32.4 Å². The third-order valence-electron chi connectivity index (χ3n) is 3.50. The molecule has 2 N–H and O–H groups in total. The molecule has 0 aromatic rings. The molecule has 0 aromatic carbocycles. The first-order valence-electron chi connectivity index (χ1n) is 5.95. The average molecular weight is 226 g/mol. The first-order chi connectivity index (χ1) is 7.66. The van der Waals surface area contributed by atoms with Crippen LogP contribution in [0.1, 0.15) is 32.1 Å². The van der Waals surface area contributed by atoms with Gasteiger partial charge in [0.05, 0.1) is 5.92 Å². The summed E-state index contributed by atoms with van der Waals surface area (Å²) < 4.78 is 0. The molecule has 2 rings (SSSR count). The molecule has 1 saturated carbocycles. The molecule has 5 nitrogen and oxygen atoms in total. The molecule has 2 fully saturated rings. The molecule has 90 valence electrons. The summed E-state index contributed by atoms with van der Waals surface area (Å²) in [7, 11) is 0. The third-order valence-corrected chi connectivity index (χ3v) is 3.50. The van der Waals surface area contributed by atoms with Crippen LogP contribution >= 0.6 is 0 Å². The van der Waals surface area contributed by atoms with Gasteiger partial charge in [0.15, 0.2) is 0 Å². The second-order valence-corrected chi connectivity index (χ2v) is 4.69. The molecule has 16 heavy (non-hydrogen) atoms. The smallest absolute Gasteiger partial charge is 0.317 e. The Balaban J connectivity index is 1.78. The van der Waals surface area contributed by atoms with Crippen LogP contribution in [-0.4, -0.2) is 41.1 Å². The maximum absolute atomic E-state index is 11.7. The van der Waals surface area contributed by atoms with E-state index in [0.29, 0.717) is 12.8 Å². The van der Waals surface area contributed by atoms with Gasteiger partial charge < -0.3 is 15.3 Å². The molecule has 1 aliphatic carbocycles. The van der Waals surface area contributed by atoms with Crippen LogP contribution in [0.4, 0.5) is 4.79 Å². The van der Waals surface area contributed by atoms with Crippen molar-refractivity contribution in [3.8, 4) is 0 Å². The Morgan fingerprint density at radius 1 is 1.19 bits per heavy atom. The normalized spacial score (nSPS) is 29.4. The summed E-state index contributed by atoms with van der Waals surface area (Å²) in [5.74, 6) is -1.01. The fourth-order valence-electron chi connectivity index (χ4n) is 2.52. The molecule has 2 amide bonds. The number of hydrogen-bond donors (Lipinski definition) is 2. The number of rotatable bonds is 2. The molecule has 0 bridgehead atoms. The van der Waals surface area contributed by atoms with Crippen LogP contribution in [0.3, 0.4) is 0 Å². The molecule has 2 atom stereocenters. The highest BCUT2D eigenvalue weighted by Crippen LogP contribution is 2.25. The number of urea groups is 1. The summed E-state index contributed by atoms with van der Waals surface area (Å²) in [4.78, 5) is 24.3. The highest BCUT2D eigenvalue weighted by atomic mass is 16.4. The zero-order chi connectivity index (χ0) is 11.5. The van der Waals surface area contributed by atoms with Gasteiger partial charge in [0.25, 0.3) is 0 Å². The van der Waals surface area contributed by atoms with Gasteiger partial charge in [-0.2, -0.15) is 0 Å². The van der Waals surface area contributed by atoms with Gasteiger partial charge in [0, 0.05) is 19.1 Å². The van der Waals surface area contributed by atoms with Gasteiger partial charge in [-0.1, -0.05) is 0 Å². The standard InChI is InChI=1S/C11H18N2O3/c14-10(15)8-3-4-9(7-8)12-11(16)13-5-1-2-6-13/h8-9H,1-7H2,(H,12,16)(H,14,15). The van der Waals surface area contributed by atoms with E-state index in [-0.39, 0.29) is 18.0 Å². The van der Waals surface area contributed by atoms with Crippen LogP contribution in [0.2, 0.25) is 0 Å². The lowest BCUT2D eigenvalue weighted by Gasteiger charge is -2.19. The van der Waals surface area contributed by atoms with Crippen LogP contribution < -0.4 is 5.32 Å². The Kier molecular flexibility index (Phi) is 3.31. The van der Waals surface area contributed by atoms with E-state index in [4.69, 9.17) is 5.11 Å². The van der Waals surface area contributed by atoms with E-state index < -0.39 is 5.97 Å². The molecule has 0 radical (unpaired) electrons. The highest BCUT2D eigenvalue weighted by molar-refractivity contribution is 5.75. The number of aliphatic carboxylic acids is 1. The monoisotopic (exact) mass is 226 g/mol. The number of nitrogens with one attached hydrogen (secondary N) is 1. The molecule has 1 aliphatic heterocycles. The minimum atomic E-state index is -0.738. The Morgan fingerprint density at radius 2 is 1.88 bits per heavy atom. The topological polar surface area (TPSA) is 69.6 Å². The summed E-state index contributed by atoms with van der Waals surface area (Å²) in [6, 6.07) is 0.0303. The molecule has 2 unspecified atom stereocenters. The van der Waals surface area contributed by atoms with Crippen LogP contribution in [0.15, 0.2) is 0 Å². The average Bonchev–Trinajstić information content (AvgIpc) is 2.87. The Bertz CT molecular complexity index is 287. The lowest BCUT2D eigenvalue weighted by Crippen LogP contribution is -2.42. The molecule has 0 aromatic heterocycles. The second-order valence-electron chi connectivity index (χ2n) is 4.69. The Morgan fingerprint density at radius 3 is 2.44 bits per heavy atom. The number of carboxylic acid groups (broad SMARTS) is 1. The minimum Gasteiger partial charge on any atom is -0.481 e.